The molecule has 0 radical (unpaired) electrons. The van der Waals surface area contributed by atoms with E-state index in [1.54, 1.807) is 23.1 Å². The normalized spacial score (nSPS) is 10.0. The molecule has 0 unspecified atom stereocenters. The molecule has 0 heterocycles. The fourth-order valence-electron chi connectivity index (χ4n) is 2.16. The molecule has 0 bridgehead atoms. The zero-order chi connectivity index (χ0) is 17.2. The van der Waals surface area contributed by atoms with Crippen molar-refractivity contribution in [1.29, 1.82) is 0 Å². The van der Waals surface area contributed by atoms with Crippen molar-refractivity contribution in [3.63, 3.8) is 0 Å². The molecule has 24 heavy (non-hydrogen) atoms. The van der Waals surface area contributed by atoms with E-state index < -0.39 is 0 Å². The standard InChI is InChI=1S/C20H23NO3/c1-3-14-21(17-8-6-5-7-9-17)20(22)16-24-19-12-10-18(11-13-19)23-15-4-2/h3,5-13H,1,4,14-16H2,2H3. The highest BCUT2D eigenvalue weighted by Crippen LogP contribution is 2.18. The predicted molar refractivity (Wildman–Crippen MR) is 96.7 cm³/mol. The summed E-state index contributed by atoms with van der Waals surface area (Å²) in [5.74, 6) is 1.32. The van der Waals surface area contributed by atoms with E-state index in [-0.39, 0.29) is 12.5 Å². The number of benzene rings is 2. The van der Waals surface area contributed by atoms with Gasteiger partial charge in [-0.25, -0.2) is 0 Å². The van der Waals surface area contributed by atoms with Crippen LogP contribution in [0.25, 0.3) is 0 Å². The lowest BCUT2D eigenvalue weighted by molar-refractivity contribution is -0.120. The summed E-state index contributed by atoms with van der Waals surface area (Å²) in [7, 11) is 0. The number of ether oxygens (including phenoxy) is 2. The Hall–Kier alpha value is -2.75. The van der Waals surface area contributed by atoms with Crippen molar-refractivity contribution in [2.24, 2.45) is 0 Å². The third-order valence-electron chi connectivity index (χ3n) is 3.34. The minimum Gasteiger partial charge on any atom is -0.494 e. The second-order valence-corrected chi connectivity index (χ2v) is 5.24. The highest BCUT2D eigenvalue weighted by molar-refractivity contribution is 5.94. The van der Waals surface area contributed by atoms with Crippen molar-refractivity contribution < 1.29 is 14.3 Å². The van der Waals surface area contributed by atoms with Gasteiger partial charge in [-0.1, -0.05) is 31.2 Å². The zero-order valence-corrected chi connectivity index (χ0v) is 14.0. The minimum atomic E-state index is -0.118. The van der Waals surface area contributed by atoms with Gasteiger partial charge in [-0.05, 0) is 42.8 Å². The molecular formula is C20H23NO3. The van der Waals surface area contributed by atoms with Gasteiger partial charge in [-0.3, -0.25) is 4.79 Å². The second-order valence-electron chi connectivity index (χ2n) is 5.24. The van der Waals surface area contributed by atoms with E-state index in [1.807, 2.05) is 42.5 Å². The highest BCUT2D eigenvalue weighted by Gasteiger charge is 2.14. The van der Waals surface area contributed by atoms with Crippen molar-refractivity contribution in [2.75, 3.05) is 24.7 Å². The molecular weight excluding hydrogens is 302 g/mol. The fraction of sp³-hybridized carbons (Fsp3) is 0.250. The quantitative estimate of drug-likeness (QED) is 0.652. The van der Waals surface area contributed by atoms with Crippen molar-refractivity contribution in [1.82, 2.24) is 0 Å². The molecule has 0 aliphatic carbocycles. The number of para-hydroxylation sites is 1. The van der Waals surface area contributed by atoms with Crippen LogP contribution in [0.2, 0.25) is 0 Å². The highest BCUT2D eigenvalue weighted by atomic mass is 16.5. The first-order valence-electron chi connectivity index (χ1n) is 8.06. The molecule has 4 nitrogen and oxygen atoms in total. The average molecular weight is 325 g/mol. The molecule has 1 amide bonds. The Morgan fingerprint density at radius 3 is 2.25 bits per heavy atom. The van der Waals surface area contributed by atoms with Crippen molar-refractivity contribution in [3.8, 4) is 11.5 Å². The number of carbonyl (C=O) groups excluding carboxylic acids is 1. The van der Waals surface area contributed by atoms with Gasteiger partial charge in [0.05, 0.1) is 6.61 Å². The van der Waals surface area contributed by atoms with E-state index in [0.29, 0.717) is 18.9 Å². The van der Waals surface area contributed by atoms with Crippen LogP contribution in [0.15, 0.2) is 67.3 Å². The van der Waals surface area contributed by atoms with Gasteiger partial charge >= 0.3 is 0 Å². The monoisotopic (exact) mass is 325 g/mol. The van der Waals surface area contributed by atoms with E-state index >= 15 is 0 Å². The molecule has 0 atom stereocenters. The van der Waals surface area contributed by atoms with Crippen LogP contribution in [-0.2, 0) is 4.79 Å². The van der Waals surface area contributed by atoms with Gasteiger partial charge in [0.2, 0.25) is 0 Å². The maximum absolute atomic E-state index is 12.4. The Labute approximate surface area is 143 Å². The zero-order valence-electron chi connectivity index (χ0n) is 14.0. The van der Waals surface area contributed by atoms with E-state index in [0.717, 1.165) is 17.9 Å². The molecule has 0 aliphatic rings. The summed E-state index contributed by atoms with van der Waals surface area (Å²) in [6.45, 7) is 6.87. The first-order chi connectivity index (χ1) is 11.7. The number of nitrogens with zero attached hydrogens (tertiary/aromatic N) is 1. The molecule has 0 aliphatic heterocycles. The topological polar surface area (TPSA) is 38.8 Å². The Bertz CT molecular complexity index is 638. The van der Waals surface area contributed by atoms with E-state index in [1.165, 1.54) is 0 Å². The van der Waals surface area contributed by atoms with Gasteiger partial charge in [-0.15, -0.1) is 6.58 Å². The molecule has 0 saturated heterocycles. The van der Waals surface area contributed by atoms with Crippen LogP contribution in [0.1, 0.15) is 13.3 Å². The molecule has 0 saturated carbocycles. The second kappa shape index (κ2) is 9.40. The molecule has 0 spiro atoms. The number of rotatable bonds is 9. The lowest BCUT2D eigenvalue weighted by atomic mass is 10.3. The van der Waals surface area contributed by atoms with Gasteiger partial charge in [-0.2, -0.15) is 0 Å². The maximum atomic E-state index is 12.4. The van der Waals surface area contributed by atoms with E-state index in [9.17, 15) is 4.79 Å². The average Bonchev–Trinajstić information content (AvgIpc) is 2.64. The lowest BCUT2D eigenvalue weighted by Gasteiger charge is -2.21. The number of anilines is 1. The lowest BCUT2D eigenvalue weighted by Crippen LogP contribution is -2.35. The Kier molecular flexibility index (Phi) is 6.90. The summed E-state index contributed by atoms with van der Waals surface area (Å²) in [4.78, 5) is 14.1. The van der Waals surface area contributed by atoms with Crippen LogP contribution in [0, 0.1) is 0 Å². The molecule has 2 rings (SSSR count). The molecule has 0 aromatic heterocycles. The Balaban J connectivity index is 1.94. The summed E-state index contributed by atoms with van der Waals surface area (Å²) in [6.07, 6.45) is 2.66. The van der Waals surface area contributed by atoms with Crippen LogP contribution in [0.4, 0.5) is 5.69 Å². The molecule has 2 aromatic carbocycles. The summed E-state index contributed by atoms with van der Waals surface area (Å²) in [6, 6.07) is 16.8. The van der Waals surface area contributed by atoms with Crippen molar-refractivity contribution in [2.45, 2.75) is 13.3 Å². The van der Waals surface area contributed by atoms with Crippen LogP contribution in [-0.4, -0.2) is 25.7 Å². The smallest absolute Gasteiger partial charge is 0.265 e. The van der Waals surface area contributed by atoms with E-state index in [2.05, 4.69) is 13.5 Å². The van der Waals surface area contributed by atoms with Gasteiger partial charge in [0.25, 0.3) is 5.91 Å². The van der Waals surface area contributed by atoms with Crippen molar-refractivity contribution >= 4 is 11.6 Å². The molecule has 2 aromatic rings. The van der Waals surface area contributed by atoms with Crippen LogP contribution in [0.5, 0.6) is 11.5 Å². The number of hydrogen-bond acceptors (Lipinski definition) is 3. The third kappa shape index (κ3) is 5.16. The largest absolute Gasteiger partial charge is 0.494 e. The maximum Gasteiger partial charge on any atom is 0.265 e. The molecule has 0 N–H and O–H groups in total. The minimum absolute atomic E-state index is 0.0299. The first kappa shape index (κ1) is 17.6. The SMILES string of the molecule is C=CCN(C(=O)COc1ccc(OCCC)cc1)c1ccccc1. The first-order valence-corrected chi connectivity index (χ1v) is 8.06. The van der Waals surface area contributed by atoms with E-state index in [4.69, 9.17) is 9.47 Å². The molecule has 4 heteroatoms. The van der Waals surface area contributed by atoms with Crippen LogP contribution >= 0.6 is 0 Å². The van der Waals surface area contributed by atoms with Crippen molar-refractivity contribution in [3.05, 3.63) is 67.3 Å². The predicted octanol–water partition coefficient (Wildman–Crippen LogP) is 4.07. The van der Waals surface area contributed by atoms with Gasteiger partial charge < -0.3 is 14.4 Å². The summed E-state index contributed by atoms with van der Waals surface area (Å²) in [5.41, 5.74) is 0.828. The summed E-state index contributed by atoms with van der Waals surface area (Å²) in [5, 5.41) is 0. The Morgan fingerprint density at radius 2 is 1.67 bits per heavy atom. The summed E-state index contributed by atoms with van der Waals surface area (Å²) >= 11 is 0. The number of carbonyl (C=O) groups is 1. The fourth-order valence-corrected chi connectivity index (χ4v) is 2.16. The number of hydrogen-bond donors (Lipinski definition) is 0. The van der Waals surface area contributed by atoms with Gasteiger partial charge in [0, 0.05) is 12.2 Å². The number of amides is 1. The Morgan fingerprint density at radius 1 is 1.04 bits per heavy atom. The molecule has 126 valence electrons. The van der Waals surface area contributed by atoms with Crippen LogP contribution < -0.4 is 14.4 Å². The molecule has 0 fully saturated rings. The van der Waals surface area contributed by atoms with Crippen LogP contribution in [0.3, 0.4) is 0 Å². The summed E-state index contributed by atoms with van der Waals surface area (Å²) < 4.78 is 11.1. The van der Waals surface area contributed by atoms with Gasteiger partial charge in [0.15, 0.2) is 6.61 Å². The van der Waals surface area contributed by atoms with Gasteiger partial charge in [0.1, 0.15) is 11.5 Å². The third-order valence-corrected chi connectivity index (χ3v) is 3.34.